The van der Waals surface area contributed by atoms with Crippen molar-refractivity contribution in [3.05, 3.63) is 28.0 Å². The molecule has 1 aliphatic heterocycles. The predicted molar refractivity (Wildman–Crippen MR) is 52.4 cm³/mol. The molecule has 0 aliphatic carbocycles. The molecule has 1 aromatic heterocycles. The standard InChI is InChI=1S/C9H9BrN2O/c10-6-3-7-8(12-4-6)1-2-11-9(7)5-13/h3-5,9,11H,1-2H2. The largest absolute Gasteiger partial charge is 0.304 e. The Morgan fingerprint density at radius 2 is 2.54 bits per heavy atom. The van der Waals surface area contributed by atoms with Crippen LogP contribution in [0, 0.1) is 0 Å². The Morgan fingerprint density at radius 1 is 1.69 bits per heavy atom. The summed E-state index contributed by atoms with van der Waals surface area (Å²) in [7, 11) is 0. The Kier molecular flexibility index (Phi) is 2.42. The van der Waals surface area contributed by atoms with Crippen LogP contribution in [-0.2, 0) is 11.2 Å². The number of nitrogens with one attached hydrogen (secondary N) is 1. The molecule has 1 aliphatic rings. The van der Waals surface area contributed by atoms with Gasteiger partial charge in [0.05, 0.1) is 6.04 Å². The third-order valence-electron chi connectivity index (χ3n) is 2.17. The van der Waals surface area contributed by atoms with E-state index in [1.165, 1.54) is 0 Å². The summed E-state index contributed by atoms with van der Waals surface area (Å²) >= 11 is 3.34. The first-order valence-corrected chi connectivity index (χ1v) is 4.93. The van der Waals surface area contributed by atoms with Crippen LogP contribution in [0.2, 0.25) is 0 Å². The van der Waals surface area contributed by atoms with Crippen LogP contribution in [0.3, 0.4) is 0 Å². The van der Waals surface area contributed by atoms with E-state index in [4.69, 9.17) is 0 Å². The quantitative estimate of drug-likeness (QED) is 0.752. The first-order chi connectivity index (χ1) is 6.31. The van der Waals surface area contributed by atoms with Crippen LogP contribution >= 0.6 is 15.9 Å². The Bertz CT molecular complexity index is 340. The molecule has 1 aromatic rings. The monoisotopic (exact) mass is 240 g/mol. The molecule has 4 heteroatoms. The van der Waals surface area contributed by atoms with Gasteiger partial charge in [-0.2, -0.15) is 0 Å². The van der Waals surface area contributed by atoms with Crippen molar-refractivity contribution < 1.29 is 4.79 Å². The van der Waals surface area contributed by atoms with E-state index in [9.17, 15) is 4.79 Å². The van der Waals surface area contributed by atoms with Gasteiger partial charge < -0.3 is 10.1 Å². The highest BCUT2D eigenvalue weighted by Crippen LogP contribution is 2.22. The number of hydrogen-bond acceptors (Lipinski definition) is 3. The number of nitrogens with zero attached hydrogens (tertiary/aromatic N) is 1. The number of carbonyl (C=O) groups excluding carboxylic acids is 1. The highest BCUT2D eigenvalue weighted by molar-refractivity contribution is 9.10. The molecule has 2 rings (SSSR count). The number of carbonyl (C=O) groups is 1. The van der Waals surface area contributed by atoms with Crippen LogP contribution in [-0.4, -0.2) is 17.8 Å². The SMILES string of the molecule is O=CC1NCCc2ncc(Br)cc21. The van der Waals surface area contributed by atoms with Crippen molar-refractivity contribution in [1.82, 2.24) is 10.3 Å². The maximum atomic E-state index is 10.7. The average molecular weight is 241 g/mol. The molecule has 0 radical (unpaired) electrons. The Morgan fingerprint density at radius 3 is 3.31 bits per heavy atom. The smallest absolute Gasteiger partial charge is 0.141 e. The third-order valence-corrected chi connectivity index (χ3v) is 2.60. The summed E-state index contributed by atoms with van der Waals surface area (Å²) in [6.45, 7) is 0.824. The predicted octanol–water partition coefficient (Wildman–Crippen LogP) is 1.23. The van der Waals surface area contributed by atoms with Gasteiger partial charge in [-0.25, -0.2) is 0 Å². The van der Waals surface area contributed by atoms with Gasteiger partial charge in [-0.15, -0.1) is 0 Å². The molecule has 13 heavy (non-hydrogen) atoms. The second-order valence-corrected chi connectivity index (χ2v) is 3.92. The van der Waals surface area contributed by atoms with Crippen molar-refractivity contribution in [3.63, 3.8) is 0 Å². The van der Waals surface area contributed by atoms with Gasteiger partial charge in [0.1, 0.15) is 6.29 Å². The molecular weight excluding hydrogens is 232 g/mol. The normalized spacial score (nSPS) is 20.8. The lowest BCUT2D eigenvalue weighted by Gasteiger charge is -2.21. The van der Waals surface area contributed by atoms with Gasteiger partial charge in [0.2, 0.25) is 0 Å². The Labute approximate surface area is 84.7 Å². The van der Waals surface area contributed by atoms with Crippen LogP contribution in [0.5, 0.6) is 0 Å². The molecule has 3 nitrogen and oxygen atoms in total. The van der Waals surface area contributed by atoms with E-state index in [1.54, 1.807) is 6.20 Å². The van der Waals surface area contributed by atoms with Gasteiger partial charge in [0.25, 0.3) is 0 Å². The number of fused-ring (bicyclic) bond motifs is 1. The van der Waals surface area contributed by atoms with Crippen molar-refractivity contribution in [2.75, 3.05) is 6.54 Å². The number of halogens is 1. The summed E-state index contributed by atoms with van der Waals surface area (Å²) in [6.07, 6.45) is 3.59. The van der Waals surface area contributed by atoms with E-state index in [2.05, 4.69) is 26.2 Å². The molecule has 1 unspecified atom stereocenters. The van der Waals surface area contributed by atoms with Crippen molar-refractivity contribution in [2.24, 2.45) is 0 Å². The number of rotatable bonds is 1. The molecule has 1 atom stereocenters. The molecule has 0 bridgehead atoms. The zero-order valence-corrected chi connectivity index (χ0v) is 8.54. The van der Waals surface area contributed by atoms with Crippen molar-refractivity contribution in [1.29, 1.82) is 0 Å². The zero-order valence-electron chi connectivity index (χ0n) is 6.96. The molecule has 0 fully saturated rings. The van der Waals surface area contributed by atoms with E-state index in [-0.39, 0.29) is 6.04 Å². The van der Waals surface area contributed by atoms with Crippen LogP contribution in [0.15, 0.2) is 16.7 Å². The van der Waals surface area contributed by atoms with Crippen LogP contribution < -0.4 is 5.32 Å². The lowest BCUT2D eigenvalue weighted by Crippen LogP contribution is -2.31. The first kappa shape index (κ1) is 8.84. The van der Waals surface area contributed by atoms with Crippen LogP contribution in [0.1, 0.15) is 17.3 Å². The topological polar surface area (TPSA) is 42.0 Å². The maximum Gasteiger partial charge on any atom is 0.141 e. The van der Waals surface area contributed by atoms with E-state index < -0.39 is 0 Å². The lowest BCUT2D eigenvalue weighted by molar-refractivity contribution is -0.109. The Balaban J connectivity index is 2.47. The van der Waals surface area contributed by atoms with Gasteiger partial charge >= 0.3 is 0 Å². The van der Waals surface area contributed by atoms with E-state index in [0.717, 1.165) is 35.0 Å². The van der Waals surface area contributed by atoms with Gasteiger partial charge in [0.15, 0.2) is 0 Å². The van der Waals surface area contributed by atoms with Gasteiger partial charge in [-0.05, 0) is 27.6 Å². The average Bonchev–Trinajstić information content (AvgIpc) is 2.17. The van der Waals surface area contributed by atoms with E-state index in [1.807, 2.05) is 6.07 Å². The fourth-order valence-electron chi connectivity index (χ4n) is 1.54. The minimum atomic E-state index is -0.186. The summed E-state index contributed by atoms with van der Waals surface area (Å²) in [6, 6.07) is 1.77. The van der Waals surface area contributed by atoms with Gasteiger partial charge in [0, 0.05) is 29.3 Å². The summed E-state index contributed by atoms with van der Waals surface area (Å²) < 4.78 is 0.918. The highest BCUT2D eigenvalue weighted by atomic mass is 79.9. The number of pyridine rings is 1. The lowest BCUT2D eigenvalue weighted by atomic mass is 10.0. The second kappa shape index (κ2) is 3.55. The number of aldehydes is 1. The van der Waals surface area contributed by atoms with E-state index in [0.29, 0.717) is 0 Å². The summed E-state index contributed by atoms with van der Waals surface area (Å²) in [4.78, 5) is 15.0. The molecule has 0 saturated heterocycles. The van der Waals surface area contributed by atoms with Gasteiger partial charge in [-0.3, -0.25) is 4.98 Å². The van der Waals surface area contributed by atoms with Crippen LogP contribution in [0.4, 0.5) is 0 Å². The van der Waals surface area contributed by atoms with E-state index >= 15 is 0 Å². The zero-order chi connectivity index (χ0) is 9.26. The molecule has 68 valence electrons. The summed E-state index contributed by atoms with van der Waals surface area (Å²) in [5.74, 6) is 0. The Hall–Kier alpha value is -0.740. The fourth-order valence-corrected chi connectivity index (χ4v) is 1.89. The van der Waals surface area contributed by atoms with Gasteiger partial charge in [-0.1, -0.05) is 0 Å². The molecule has 0 spiro atoms. The summed E-state index contributed by atoms with van der Waals surface area (Å²) in [5.41, 5.74) is 2.02. The second-order valence-electron chi connectivity index (χ2n) is 3.01. The maximum absolute atomic E-state index is 10.7. The number of aromatic nitrogens is 1. The third kappa shape index (κ3) is 1.64. The molecule has 0 saturated carbocycles. The summed E-state index contributed by atoms with van der Waals surface area (Å²) in [5, 5.41) is 3.12. The fraction of sp³-hybridized carbons (Fsp3) is 0.333. The molecule has 0 amide bonds. The molecule has 0 aromatic carbocycles. The molecule has 1 N–H and O–H groups in total. The number of hydrogen-bond donors (Lipinski definition) is 1. The highest BCUT2D eigenvalue weighted by Gasteiger charge is 2.19. The molecule has 2 heterocycles. The van der Waals surface area contributed by atoms with Crippen molar-refractivity contribution >= 4 is 22.2 Å². The van der Waals surface area contributed by atoms with Crippen molar-refractivity contribution in [3.8, 4) is 0 Å². The van der Waals surface area contributed by atoms with Crippen molar-refractivity contribution in [2.45, 2.75) is 12.5 Å². The molecular formula is C9H9BrN2O. The minimum absolute atomic E-state index is 0.186. The first-order valence-electron chi connectivity index (χ1n) is 4.14. The van der Waals surface area contributed by atoms with Crippen LogP contribution in [0.25, 0.3) is 0 Å². The minimum Gasteiger partial charge on any atom is -0.304 e.